The monoisotopic (exact) mass is 365 g/mol. The second kappa shape index (κ2) is 8.00. The number of nitrogens with zero attached hydrogens (tertiary/aromatic N) is 2. The van der Waals surface area contributed by atoms with Crippen molar-refractivity contribution in [2.45, 2.75) is 12.5 Å². The number of amides is 3. The van der Waals surface area contributed by atoms with Gasteiger partial charge in [-0.25, -0.2) is 9.18 Å². The Morgan fingerprint density at radius 1 is 1.35 bits per heavy atom. The minimum Gasteiger partial charge on any atom is -0.390 e. The number of morpholine rings is 1. The number of oxime groups is 1. The smallest absolute Gasteiger partial charge is 0.319 e. The zero-order valence-electron chi connectivity index (χ0n) is 14.0. The summed E-state index contributed by atoms with van der Waals surface area (Å²) in [5.74, 6) is -1.06. The number of anilines is 2. The summed E-state index contributed by atoms with van der Waals surface area (Å²) in [6, 6.07) is 4.02. The topological polar surface area (TPSA) is 118 Å². The number of benzene rings is 1. The molecule has 3 rings (SSSR count). The van der Waals surface area contributed by atoms with Gasteiger partial charge in [-0.1, -0.05) is 5.16 Å². The molecule has 0 radical (unpaired) electrons. The van der Waals surface area contributed by atoms with Gasteiger partial charge in [0.05, 0.1) is 25.4 Å². The molecule has 0 aliphatic carbocycles. The van der Waals surface area contributed by atoms with Crippen molar-refractivity contribution >= 4 is 29.0 Å². The number of carbonyl (C=O) groups is 2. The Balaban J connectivity index is 1.48. The maximum absolute atomic E-state index is 14.3. The van der Waals surface area contributed by atoms with E-state index in [9.17, 15) is 14.0 Å². The van der Waals surface area contributed by atoms with Crippen molar-refractivity contribution in [1.82, 2.24) is 5.32 Å². The van der Waals surface area contributed by atoms with Crippen LogP contribution in [-0.4, -0.2) is 56.6 Å². The first kappa shape index (κ1) is 17.9. The zero-order valence-corrected chi connectivity index (χ0v) is 14.0. The van der Waals surface area contributed by atoms with Gasteiger partial charge in [0.2, 0.25) is 0 Å². The lowest BCUT2D eigenvalue weighted by atomic mass is 10.2. The van der Waals surface area contributed by atoms with Gasteiger partial charge in [-0.05, 0) is 18.2 Å². The largest absolute Gasteiger partial charge is 0.390 e. The number of rotatable bonds is 5. The number of urea groups is 1. The number of nitrogens with one attached hydrogen (secondary N) is 2. The third-order valence-corrected chi connectivity index (χ3v) is 4.07. The first-order chi connectivity index (χ1) is 12.5. The molecular weight excluding hydrogens is 345 g/mol. The summed E-state index contributed by atoms with van der Waals surface area (Å²) in [5, 5.41) is 8.68. The number of halogens is 1. The second-order valence-corrected chi connectivity index (χ2v) is 5.93. The molecule has 0 bridgehead atoms. The fraction of sp³-hybridized carbons (Fsp3) is 0.438. The third kappa shape index (κ3) is 4.39. The van der Waals surface area contributed by atoms with Gasteiger partial charge in [0.15, 0.2) is 6.10 Å². The van der Waals surface area contributed by atoms with Crippen LogP contribution in [0.5, 0.6) is 0 Å². The van der Waals surface area contributed by atoms with Crippen molar-refractivity contribution < 1.29 is 23.6 Å². The van der Waals surface area contributed by atoms with Gasteiger partial charge in [0.1, 0.15) is 11.5 Å². The van der Waals surface area contributed by atoms with Crippen molar-refractivity contribution in [2.75, 3.05) is 43.1 Å². The molecule has 1 aromatic rings. The van der Waals surface area contributed by atoms with E-state index in [4.69, 9.17) is 15.3 Å². The number of primary amides is 1. The maximum atomic E-state index is 14.3. The van der Waals surface area contributed by atoms with E-state index in [1.54, 1.807) is 12.1 Å². The van der Waals surface area contributed by atoms with Crippen LogP contribution in [0.3, 0.4) is 0 Å². The molecular formula is C16H20FN5O4. The SMILES string of the molecule is NC(=O)C1=NO[C@H](CNC(=O)Nc2ccc(N3CCOCC3)c(F)c2)C1. The number of hydrogen-bond acceptors (Lipinski definition) is 6. The Morgan fingerprint density at radius 3 is 2.77 bits per heavy atom. The van der Waals surface area contributed by atoms with Crippen molar-refractivity contribution in [1.29, 1.82) is 0 Å². The standard InChI is InChI=1S/C16H20FN5O4/c17-12-7-10(1-2-14(12)22-3-5-25-6-4-22)20-16(24)19-9-11-8-13(15(18)23)21-26-11/h1-2,7,11H,3-6,8-9H2,(H2,18,23)(H2,19,20,24)/t11-/m0/s1. The van der Waals surface area contributed by atoms with E-state index < -0.39 is 23.9 Å². The molecule has 1 atom stereocenters. The van der Waals surface area contributed by atoms with Crippen LogP contribution >= 0.6 is 0 Å². The Hall–Kier alpha value is -2.88. The molecule has 9 nitrogen and oxygen atoms in total. The molecule has 2 aliphatic rings. The van der Waals surface area contributed by atoms with E-state index in [1.807, 2.05) is 4.90 Å². The average molecular weight is 365 g/mol. The molecule has 0 spiro atoms. The van der Waals surface area contributed by atoms with Crippen LogP contribution in [0.2, 0.25) is 0 Å². The van der Waals surface area contributed by atoms with E-state index in [1.165, 1.54) is 6.07 Å². The van der Waals surface area contributed by atoms with Gasteiger partial charge in [-0.3, -0.25) is 4.79 Å². The quantitative estimate of drug-likeness (QED) is 0.699. The average Bonchev–Trinajstić information content (AvgIpc) is 3.10. The van der Waals surface area contributed by atoms with Gasteiger partial charge < -0.3 is 30.8 Å². The molecule has 0 saturated carbocycles. The Kier molecular flexibility index (Phi) is 5.52. The highest BCUT2D eigenvalue weighted by Gasteiger charge is 2.24. The lowest BCUT2D eigenvalue weighted by Gasteiger charge is -2.29. The molecule has 0 aromatic heterocycles. The highest BCUT2D eigenvalue weighted by atomic mass is 19.1. The summed E-state index contributed by atoms with van der Waals surface area (Å²) in [6.45, 7) is 2.51. The first-order valence-corrected chi connectivity index (χ1v) is 8.22. The normalized spacial score (nSPS) is 19.5. The Labute approximate surface area is 149 Å². The van der Waals surface area contributed by atoms with Crippen LogP contribution in [0.4, 0.5) is 20.6 Å². The fourth-order valence-electron chi connectivity index (χ4n) is 2.71. The van der Waals surface area contributed by atoms with Gasteiger partial charge in [0.25, 0.3) is 5.91 Å². The molecule has 1 aromatic carbocycles. The van der Waals surface area contributed by atoms with Crippen LogP contribution in [-0.2, 0) is 14.4 Å². The molecule has 4 N–H and O–H groups in total. The predicted octanol–water partition coefficient (Wildman–Crippen LogP) is 0.414. The van der Waals surface area contributed by atoms with Gasteiger partial charge >= 0.3 is 6.03 Å². The molecule has 2 aliphatic heterocycles. The molecule has 1 saturated heterocycles. The summed E-state index contributed by atoms with van der Waals surface area (Å²) >= 11 is 0. The Morgan fingerprint density at radius 2 is 2.12 bits per heavy atom. The molecule has 140 valence electrons. The predicted molar refractivity (Wildman–Crippen MR) is 92.6 cm³/mol. The summed E-state index contributed by atoms with van der Waals surface area (Å²) in [6.07, 6.45) is -0.220. The molecule has 2 heterocycles. The second-order valence-electron chi connectivity index (χ2n) is 5.93. The highest BCUT2D eigenvalue weighted by Crippen LogP contribution is 2.23. The van der Waals surface area contributed by atoms with Gasteiger partial charge in [-0.15, -0.1) is 0 Å². The summed E-state index contributed by atoms with van der Waals surface area (Å²) in [5.41, 5.74) is 6.05. The number of hydrogen-bond donors (Lipinski definition) is 3. The molecule has 10 heteroatoms. The van der Waals surface area contributed by atoms with Crippen LogP contribution in [0, 0.1) is 5.82 Å². The van der Waals surface area contributed by atoms with E-state index in [0.717, 1.165) is 0 Å². The van der Waals surface area contributed by atoms with E-state index in [2.05, 4.69) is 15.8 Å². The Bertz CT molecular complexity index is 721. The van der Waals surface area contributed by atoms with Gasteiger partial charge in [0, 0.05) is 25.2 Å². The fourth-order valence-corrected chi connectivity index (χ4v) is 2.71. The first-order valence-electron chi connectivity index (χ1n) is 8.22. The van der Waals surface area contributed by atoms with Crippen LogP contribution in [0.1, 0.15) is 6.42 Å². The zero-order chi connectivity index (χ0) is 18.5. The summed E-state index contributed by atoms with van der Waals surface area (Å²) in [4.78, 5) is 29.8. The van der Waals surface area contributed by atoms with E-state index >= 15 is 0 Å². The minimum atomic E-state index is -0.646. The van der Waals surface area contributed by atoms with Crippen LogP contribution < -0.4 is 21.3 Å². The summed E-state index contributed by atoms with van der Waals surface area (Å²) in [7, 11) is 0. The summed E-state index contributed by atoms with van der Waals surface area (Å²) < 4.78 is 19.6. The molecule has 3 amide bonds. The third-order valence-electron chi connectivity index (χ3n) is 4.07. The van der Waals surface area contributed by atoms with E-state index in [-0.39, 0.29) is 18.7 Å². The van der Waals surface area contributed by atoms with Crippen molar-refractivity contribution in [3.8, 4) is 0 Å². The van der Waals surface area contributed by atoms with Crippen molar-refractivity contribution in [2.24, 2.45) is 10.9 Å². The lowest BCUT2D eigenvalue weighted by molar-refractivity contribution is -0.112. The van der Waals surface area contributed by atoms with Gasteiger partial charge in [-0.2, -0.15) is 0 Å². The maximum Gasteiger partial charge on any atom is 0.319 e. The number of carbonyl (C=O) groups excluding carboxylic acids is 2. The van der Waals surface area contributed by atoms with Crippen LogP contribution in [0.25, 0.3) is 0 Å². The highest BCUT2D eigenvalue weighted by molar-refractivity contribution is 6.38. The van der Waals surface area contributed by atoms with E-state index in [0.29, 0.717) is 37.7 Å². The number of ether oxygens (including phenoxy) is 1. The lowest BCUT2D eigenvalue weighted by Crippen LogP contribution is -2.37. The molecule has 1 fully saturated rings. The molecule has 0 unspecified atom stereocenters. The minimum absolute atomic E-state index is 0.137. The molecule has 26 heavy (non-hydrogen) atoms. The number of nitrogens with two attached hydrogens (primary N) is 1. The van der Waals surface area contributed by atoms with Crippen molar-refractivity contribution in [3.63, 3.8) is 0 Å². The van der Waals surface area contributed by atoms with Crippen molar-refractivity contribution in [3.05, 3.63) is 24.0 Å². The van der Waals surface area contributed by atoms with Crippen LogP contribution in [0.15, 0.2) is 23.4 Å².